The number of hydrogen-bond acceptors (Lipinski definition) is 1. The number of H-pyrrole nitrogens is 1. The Morgan fingerprint density at radius 2 is 1.86 bits per heavy atom. The van der Waals surface area contributed by atoms with Gasteiger partial charge in [0.15, 0.2) is 0 Å². The molecule has 0 fully saturated rings. The van der Waals surface area contributed by atoms with Crippen LogP contribution in [-0.4, -0.2) is 15.9 Å². The lowest BCUT2D eigenvalue weighted by molar-refractivity contribution is 0.187. The molecule has 3 aromatic rings. The van der Waals surface area contributed by atoms with Crippen molar-refractivity contribution in [3.63, 3.8) is 0 Å². The minimum Gasteiger partial charge on any atom is -0.356 e. The van der Waals surface area contributed by atoms with Crippen LogP contribution >= 0.6 is 0 Å². The molecule has 150 valence electrons. The summed E-state index contributed by atoms with van der Waals surface area (Å²) in [5, 5.41) is 1.14. The van der Waals surface area contributed by atoms with Crippen molar-refractivity contribution in [3.8, 4) is 0 Å². The standard InChI is InChI=1S/C25H24F2N2.H2/c1-14(2)16-12-20(26)23(21(27)13-16)25-24-19(18-9-4-5-10-22(18)28-24)11-15(3)29(25)17-7-6-8-17;/h4-6,9-10,12-15,25,28H,7,11H2,1-3H3;1H. The Morgan fingerprint density at radius 3 is 2.48 bits per heavy atom. The first-order valence-corrected chi connectivity index (χ1v) is 10.3. The smallest absolute Gasteiger partial charge is 0.132 e. The van der Waals surface area contributed by atoms with Gasteiger partial charge in [-0.25, -0.2) is 8.78 Å². The summed E-state index contributed by atoms with van der Waals surface area (Å²) in [4.78, 5) is 5.63. The lowest BCUT2D eigenvalue weighted by Crippen LogP contribution is -2.43. The molecule has 2 atom stereocenters. The third-order valence-electron chi connectivity index (χ3n) is 6.29. The Labute approximate surface area is 171 Å². The molecule has 2 unspecified atom stereocenters. The van der Waals surface area contributed by atoms with Gasteiger partial charge in [0, 0.05) is 30.5 Å². The van der Waals surface area contributed by atoms with E-state index in [-0.39, 0.29) is 18.9 Å². The molecule has 5 rings (SSSR count). The number of aromatic nitrogens is 1. The van der Waals surface area contributed by atoms with Crippen LogP contribution in [0.3, 0.4) is 0 Å². The van der Waals surface area contributed by atoms with Crippen molar-refractivity contribution >= 4 is 10.9 Å². The number of benzene rings is 2. The van der Waals surface area contributed by atoms with Crippen molar-refractivity contribution in [2.75, 3.05) is 0 Å². The molecule has 0 saturated carbocycles. The number of rotatable bonds is 3. The lowest BCUT2D eigenvalue weighted by Gasteiger charge is -2.44. The molecule has 2 aliphatic rings. The molecular weight excluding hydrogens is 366 g/mol. The Kier molecular flexibility index (Phi) is 4.15. The number of hydrogen-bond donors (Lipinski definition) is 1. The molecule has 1 N–H and O–H groups in total. The van der Waals surface area contributed by atoms with Gasteiger partial charge in [0.25, 0.3) is 0 Å². The molecule has 1 aliphatic heterocycles. The monoisotopic (exact) mass is 392 g/mol. The number of nitrogens with one attached hydrogen (secondary N) is 1. The first-order valence-electron chi connectivity index (χ1n) is 10.3. The van der Waals surface area contributed by atoms with E-state index in [9.17, 15) is 0 Å². The van der Waals surface area contributed by atoms with Crippen LogP contribution in [0.4, 0.5) is 8.78 Å². The number of nitrogens with zero attached hydrogens (tertiary/aromatic N) is 1. The van der Waals surface area contributed by atoms with Gasteiger partial charge in [0.2, 0.25) is 0 Å². The summed E-state index contributed by atoms with van der Waals surface area (Å²) in [6.45, 7) is 6.02. The quantitative estimate of drug-likeness (QED) is 0.498. The molecular formula is C25H26F2N2. The van der Waals surface area contributed by atoms with E-state index in [4.69, 9.17) is 0 Å². The van der Waals surface area contributed by atoms with Crippen LogP contribution in [-0.2, 0) is 6.42 Å². The van der Waals surface area contributed by atoms with Crippen LogP contribution in [0.1, 0.15) is 63.0 Å². The van der Waals surface area contributed by atoms with Crippen molar-refractivity contribution in [1.82, 2.24) is 9.88 Å². The van der Waals surface area contributed by atoms with Gasteiger partial charge < -0.3 is 9.88 Å². The Balaban J connectivity index is 0.00000218. The fraction of sp³-hybridized carbons (Fsp3) is 0.320. The van der Waals surface area contributed by atoms with Crippen LogP contribution in [0.2, 0.25) is 0 Å². The summed E-state index contributed by atoms with van der Waals surface area (Å²) in [6.07, 6.45) is 3.58. The van der Waals surface area contributed by atoms with Gasteiger partial charge in [0.05, 0.1) is 11.3 Å². The Morgan fingerprint density at radius 1 is 1.17 bits per heavy atom. The molecule has 29 heavy (non-hydrogen) atoms. The highest BCUT2D eigenvalue weighted by Crippen LogP contribution is 2.45. The number of para-hydroxylation sites is 1. The Hall–Kier alpha value is -2.84. The summed E-state index contributed by atoms with van der Waals surface area (Å²) in [6, 6.07) is 10.7. The van der Waals surface area contributed by atoms with Gasteiger partial charge in [-0.05, 0) is 54.7 Å². The second kappa shape index (κ2) is 6.60. The van der Waals surface area contributed by atoms with Gasteiger partial charge in [0.1, 0.15) is 17.7 Å². The average Bonchev–Trinajstić information content (AvgIpc) is 3.00. The van der Waals surface area contributed by atoms with Crippen LogP contribution in [0, 0.1) is 11.6 Å². The number of halogens is 2. The van der Waals surface area contributed by atoms with Gasteiger partial charge in [-0.15, -0.1) is 5.73 Å². The molecule has 4 heteroatoms. The molecule has 0 amide bonds. The largest absolute Gasteiger partial charge is 0.356 e. The fourth-order valence-electron chi connectivity index (χ4n) is 4.74. The minimum absolute atomic E-state index is 0. The van der Waals surface area contributed by atoms with E-state index >= 15 is 8.78 Å². The van der Waals surface area contributed by atoms with Crippen molar-refractivity contribution in [2.45, 2.75) is 51.6 Å². The molecule has 0 bridgehead atoms. The number of fused-ring (bicyclic) bond motifs is 3. The molecule has 0 spiro atoms. The first-order chi connectivity index (χ1) is 14.0. The SMILES string of the molecule is CC(C)c1cc(F)c(C2c3[nH]c4ccccc4c3CC(C)N2C2=C=CC2)c(F)c1.[HH]. The van der Waals surface area contributed by atoms with Crippen LogP contribution in [0.15, 0.2) is 53.9 Å². The zero-order valence-electron chi connectivity index (χ0n) is 16.9. The summed E-state index contributed by atoms with van der Waals surface area (Å²) in [5.41, 5.74) is 8.11. The fourth-order valence-corrected chi connectivity index (χ4v) is 4.74. The average molecular weight is 392 g/mol. The van der Waals surface area contributed by atoms with Crippen molar-refractivity contribution in [3.05, 3.63) is 87.9 Å². The number of aromatic amines is 1. The topological polar surface area (TPSA) is 19.0 Å². The molecule has 2 heterocycles. The predicted molar refractivity (Wildman–Crippen MR) is 114 cm³/mol. The third kappa shape index (κ3) is 2.74. The highest BCUT2D eigenvalue weighted by Gasteiger charge is 2.40. The highest BCUT2D eigenvalue weighted by molar-refractivity contribution is 5.85. The van der Waals surface area contributed by atoms with E-state index < -0.39 is 17.7 Å². The van der Waals surface area contributed by atoms with Crippen molar-refractivity contribution < 1.29 is 10.2 Å². The second-order valence-electron chi connectivity index (χ2n) is 8.48. The normalized spacial score (nSPS) is 20.8. The van der Waals surface area contributed by atoms with Crippen LogP contribution in [0.5, 0.6) is 0 Å². The maximum absolute atomic E-state index is 15.4. The zero-order chi connectivity index (χ0) is 20.3. The summed E-state index contributed by atoms with van der Waals surface area (Å²) >= 11 is 0. The molecule has 0 radical (unpaired) electrons. The van der Waals surface area contributed by atoms with E-state index in [1.54, 1.807) is 0 Å². The first kappa shape index (κ1) is 18.2. The van der Waals surface area contributed by atoms with E-state index in [0.717, 1.165) is 40.7 Å². The second-order valence-corrected chi connectivity index (χ2v) is 8.48. The van der Waals surface area contributed by atoms with Gasteiger partial charge >= 0.3 is 0 Å². The van der Waals surface area contributed by atoms with Gasteiger partial charge in [-0.1, -0.05) is 32.0 Å². The maximum atomic E-state index is 15.4. The summed E-state index contributed by atoms with van der Waals surface area (Å²) in [7, 11) is 0. The molecule has 1 aliphatic carbocycles. The van der Waals surface area contributed by atoms with E-state index in [1.807, 2.05) is 38.1 Å². The summed E-state index contributed by atoms with van der Waals surface area (Å²) < 4.78 is 30.7. The molecule has 2 nitrogen and oxygen atoms in total. The molecule has 2 aromatic carbocycles. The van der Waals surface area contributed by atoms with Gasteiger partial charge in [-0.2, -0.15) is 0 Å². The van der Waals surface area contributed by atoms with E-state index in [1.165, 1.54) is 12.1 Å². The minimum atomic E-state index is -0.529. The van der Waals surface area contributed by atoms with E-state index in [0.29, 0.717) is 5.56 Å². The lowest BCUT2D eigenvalue weighted by atomic mass is 9.86. The zero-order valence-corrected chi connectivity index (χ0v) is 16.9. The highest BCUT2D eigenvalue weighted by atomic mass is 19.1. The summed E-state index contributed by atoms with van der Waals surface area (Å²) in [5.74, 6) is -0.895. The predicted octanol–water partition coefficient (Wildman–Crippen LogP) is 6.59. The molecule has 0 saturated heterocycles. The third-order valence-corrected chi connectivity index (χ3v) is 6.29. The van der Waals surface area contributed by atoms with E-state index in [2.05, 4.69) is 28.6 Å². The Bertz CT molecular complexity index is 1160. The van der Waals surface area contributed by atoms with Crippen molar-refractivity contribution in [2.24, 2.45) is 0 Å². The molecule has 1 aromatic heterocycles. The van der Waals surface area contributed by atoms with Crippen LogP contribution in [0.25, 0.3) is 10.9 Å². The van der Waals surface area contributed by atoms with Gasteiger partial charge in [-0.3, -0.25) is 0 Å². The maximum Gasteiger partial charge on any atom is 0.132 e. The van der Waals surface area contributed by atoms with Crippen molar-refractivity contribution in [1.29, 1.82) is 0 Å². The van der Waals surface area contributed by atoms with Crippen LogP contribution < -0.4 is 0 Å².